The third kappa shape index (κ3) is 2.39. The molecule has 1 aromatic rings. The van der Waals surface area contributed by atoms with Crippen LogP contribution in [0.2, 0.25) is 0 Å². The second kappa shape index (κ2) is 5.47. The highest BCUT2D eigenvalue weighted by atomic mass is 15.3. The summed E-state index contributed by atoms with van der Waals surface area (Å²) in [6.07, 6.45) is 2.46. The highest BCUT2D eigenvalue weighted by molar-refractivity contribution is 5.36. The van der Waals surface area contributed by atoms with E-state index in [1.165, 1.54) is 37.1 Å². The number of nitrogens with zero attached hydrogens (tertiary/aromatic N) is 2. The van der Waals surface area contributed by atoms with Crippen molar-refractivity contribution in [2.45, 2.75) is 43.8 Å². The Morgan fingerprint density at radius 3 is 2.55 bits per heavy atom. The summed E-state index contributed by atoms with van der Waals surface area (Å²) in [5.41, 5.74) is 9.42. The minimum Gasteiger partial charge on any atom is -0.323 e. The average Bonchev–Trinajstić information content (AvgIpc) is 2.93. The van der Waals surface area contributed by atoms with E-state index in [9.17, 15) is 0 Å². The van der Waals surface area contributed by atoms with Gasteiger partial charge in [0.1, 0.15) is 0 Å². The fourth-order valence-electron chi connectivity index (χ4n) is 3.97. The second-order valence-corrected chi connectivity index (χ2v) is 6.76. The van der Waals surface area contributed by atoms with Crippen LogP contribution in [0.5, 0.6) is 0 Å². The molecule has 110 valence electrons. The van der Waals surface area contributed by atoms with Gasteiger partial charge in [0.25, 0.3) is 0 Å². The summed E-state index contributed by atoms with van der Waals surface area (Å²) in [7, 11) is 4.37. The number of hydrogen-bond acceptors (Lipinski definition) is 3. The predicted octanol–water partition coefficient (Wildman–Crippen LogP) is 2.20. The van der Waals surface area contributed by atoms with Crippen molar-refractivity contribution in [3.8, 4) is 0 Å². The molecular formula is C17H27N3. The normalized spacial score (nSPS) is 34.5. The first-order valence-electron chi connectivity index (χ1n) is 7.82. The Morgan fingerprint density at radius 1 is 1.20 bits per heavy atom. The van der Waals surface area contributed by atoms with E-state index in [1.807, 2.05) is 0 Å². The number of likely N-dealkylation sites (tertiary alicyclic amines) is 1. The third-order valence-corrected chi connectivity index (χ3v) is 5.29. The molecule has 4 atom stereocenters. The minimum absolute atomic E-state index is 0.170. The van der Waals surface area contributed by atoms with Crippen LogP contribution in [0.4, 0.5) is 0 Å². The fourth-order valence-corrected chi connectivity index (χ4v) is 3.97. The van der Waals surface area contributed by atoms with Gasteiger partial charge in [-0.05, 0) is 44.0 Å². The highest BCUT2D eigenvalue weighted by Crippen LogP contribution is 2.39. The monoisotopic (exact) mass is 273 g/mol. The Kier molecular flexibility index (Phi) is 3.85. The zero-order chi connectivity index (χ0) is 14.3. The first kappa shape index (κ1) is 14.1. The van der Waals surface area contributed by atoms with Crippen molar-refractivity contribution in [1.29, 1.82) is 0 Å². The molecule has 3 rings (SSSR count). The minimum atomic E-state index is 0.170. The molecule has 2 aliphatic rings. The van der Waals surface area contributed by atoms with Crippen LogP contribution in [-0.2, 0) is 0 Å². The van der Waals surface area contributed by atoms with Crippen LogP contribution in [0.15, 0.2) is 24.3 Å². The van der Waals surface area contributed by atoms with Gasteiger partial charge in [-0.1, -0.05) is 31.2 Å². The van der Waals surface area contributed by atoms with E-state index in [0.29, 0.717) is 18.0 Å². The standard InChI is InChI=1S/C17H27N3/c1-12-10-16(20-9-8-13(11-20)19(2)3)17(18)15-7-5-4-6-14(12)15/h4-7,12-13,16-17H,8-11,18H2,1-3H3. The number of nitrogens with two attached hydrogens (primary N) is 1. The fraction of sp³-hybridized carbons (Fsp3) is 0.647. The predicted molar refractivity (Wildman–Crippen MR) is 83.9 cm³/mol. The first-order chi connectivity index (χ1) is 9.58. The molecule has 1 saturated heterocycles. The molecule has 4 unspecified atom stereocenters. The molecule has 0 aromatic heterocycles. The third-order valence-electron chi connectivity index (χ3n) is 5.29. The van der Waals surface area contributed by atoms with Crippen LogP contribution >= 0.6 is 0 Å². The number of hydrogen-bond donors (Lipinski definition) is 1. The smallest absolute Gasteiger partial charge is 0.0456 e. The van der Waals surface area contributed by atoms with Crippen LogP contribution in [-0.4, -0.2) is 49.1 Å². The molecule has 0 radical (unpaired) electrons. The van der Waals surface area contributed by atoms with Crippen molar-refractivity contribution in [2.75, 3.05) is 27.2 Å². The summed E-state index contributed by atoms with van der Waals surface area (Å²) in [6, 6.07) is 10.1. The molecular weight excluding hydrogens is 246 g/mol. The van der Waals surface area contributed by atoms with Crippen molar-refractivity contribution in [3.63, 3.8) is 0 Å². The van der Waals surface area contributed by atoms with Gasteiger partial charge in [-0.25, -0.2) is 0 Å². The molecule has 0 amide bonds. The van der Waals surface area contributed by atoms with Crippen LogP contribution in [0.3, 0.4) is 0 Å². The van der Waals surface area contributed by atoms with E-state index in [1.54, 1.807) is 0 Å². The second-order valence-electron chi connectivity index (χ2n) is 6.76. The Bertz CT molecular complexity index is 471. The van der Waals surface area contributed by atoms with Gasteiger partial charge in [-0.2, -0.15) is 0 Å². The Hall–Kier alpha value is -0.900. The molecule has 1 aliphatic carbocycles. The van der Waals surface area contributed by atoms with Gasteiger partial charge in [-0.15, -0.1) is 0 Å². The molecule has 3 nitrogen and oxygen atoms in total. The molecule has 20 heavy (non-hydrogen) atoms. The lowest BCUT2D eigenvalue weighted by atomic mass is 9.78. The van der Waals surface area contributed by atoms with E-state index in [2.05, 4.69) is 55.1 Å². The first-order valence-corrected chi connectivity index (χ1v) is 7.82. The van der Waals surface area contributed by atoms with E-state index < -0.39 is 0 Å². The molecule has 1 heterocycles. The van der Waals surface area contributed by atoms with E-state index in [0.717, 1.165) is 0 Å². The maximum Gasteiger partial charge on any atom is 0.0456 e. The number of fused-ring (bicyclic) bond motifs is 1. The molecule has 1 aliphatic heterocycles. The molecule has 0 bridgehead atoms. The zero-order valence-corrected chi connectivity index (χ0v) is 12.9. The topological polar surface area (TPSA) is 32.5 Å². The molecule has 3 heteroatoms. The number of rotatable bonds is 2. The van der Waals surface area contributed by atoms with Crippen molar-refractivity contribution >= 4 is 0 Å². The van der Waals surface area contributed by atoms with Crippen LogP contribution in [0, 0.1) is 0 Å². The van der Waals surface area contributed by atoms with E-state index in [-0.39, 0.29) is 6.04 Å². The van der Waals surface area contributed by atoms with Gasteiger partial charge in [0.15, 0.2) is 0 Å². The lowest BCUT2D eigenvalue weighted by molar-refractivity contribution is 0.167. The quantitative estimate of drug-likeness (QED) is 0.896. The summed E-state index contributed by atoms with van der Waals surface area (Å²) < 4.78 is 0. The summed E-state index contributed by atoms with van der Waals surface area (Å²) in [6.45, 7) is 4.70. The summed E-state index contributed by atoms with van der Waals surface area (Å²) in [5.74, 6) is 0.620. The molecule has 0 spiro atoms. The average molecular weight is 273 g/mol. The van der Waals surface area contributed by atoms with Crippen LogP contribution in [0.1, 0.15) is 42.9 Å². The maximum absolute atomic E-state index is 6.60. The van der Waals surface area contributed by atoms with Gasteiger partial charge in [0.2, 0.25) is 0 Å². The molecule has 0 saturated carbocycles. The Balaban J connectivity index is 1.80. The van der Waals surface area contributed by atoms with Crippen LogP contribution < -0.4 is 5.73 Å². The van der Waals surface area contributed by atoms with E-state index >= 15 is 0 Å². The Morgan fingerprint density at radius 2 is 1.90 bits per heavy atom. The largest absolute Gasteiger partial charge is 0.323 e. The van der Waals surface area contributed by atoms with Gasteiger partial charge in [-0.3, -0.25) is 4.90 Å². The highest BCUT2D eigenvalue weighted by Gasteiger charge is 2.37. The van der Waals surface area contributed by atoms with Gasteiger partial charge in [0, 0.05) is 31.2 Å². The SMILES string of the molecule is CC1CC(N2CCC(N(C)C)C2)C(N)c2ccccc21. The van der Waals surface area contributed by atoms with Crippen molar-refractivity contribution in [3.05, 3.63) is 35.4 Å². The Labute approximate surface area is 122 Å². The van der Waals surface area contributed by atoms with Gasteiger partial charge < -0.3 is 10.6 Å². The molecule has 1 aromatic carbocycles. The molecule has 2 N–H and O–H groups in total. The summed E-state index contributed by atoms with van der Waals surface area (Å²) >= 11 is 0. The summed E-state index contributed by atoms with van der Waals surface area (Å²) in [4.78, 5) is 4.98. The van der Waals surface area contributed by atoms with Gasteiger partial charge >= 0.3 is 0 Å². The van der Waals surface area contributed by atoms with E-state index in [4.69, 9.17) is 5.73 Å². The lowest BCUT2D eigenvalue weighted by Gasteiger charge is -2.40. The molecule has 1 fully saturated rings. The van der Waals surface area contributed by atoms with Crippen molar-refractivity contribution in [2.24, 2.45) is 5.73 Å². The zero-order valence-electron chi connectivity index (χ0n) is 12.9. The van der Waals surface area contributed by atoms with Crippen molar-refractivity contribution in [1.82, 2.24) is 9.80 Å². The van der Waals surface area contributed by atoms with Crippen LogP contribution in [0.25, 0.3) is 0 Å². The summed E-state index contributed by atoms with van der Waals surface area (Å²) in [5, 5.41) is 0. The maximum atomic E-state index is 6.60. The van der Waals surface area contributed by atoms with Crippen molar-refractivity contribution < 1.29 is 0 Å². The van der Waals surface area contributed by atoms with Gasteiger partial charge in [0.05, 0.1) is 0 Å². The number of likely N-dealkylation sites (N-methyl/N-ethyl adjacent to an activating group) is 1. The number of benzene rings is 1. The lowest BCUT2D eigenvalue weighted by Crippen LogP contribution is -2.46.